The Morgan fingerprint density at radius 1 is 0.955 bits per heavy atom. The van der Waals surface area contributed by atoms with E-state index in [0.717, 1.165) is 22.6 Å². The van der Waals surface area contributed by atoms with Crippen molar-refractivity contribution in [2.45, 2.75) is 42.2 Å². The number of piperidine rings is 1. The van der Waals surface area contributed by atoms with Gasteiger partial charge in [-0.15, -0.1) is 0 Å². The second kappa shape index (κ2) is 11.2. The lowest BCUT2D eigenvalue weighted by Crippen LogP contribution is -2.63. The van der Waals surface area contributed by atoms with Crippen molar-refractivity contribution >= 4 is 22.1 Å². The lowest BCUT2D eigenvalue weighted by atomic mass is 9.81. The minimum Gasteiger partial charge on any atom is -0.493 e. The number of fused-ring (bicyclic) bond motifs is 1. The van der Waals surface area contributed by atoms with E-state index in [2.05, 4.69) is 9.50 Å². The van der Waals surface area contributed by atoms with Crippen LogP contribution in [-0.4, -0.2) is 73.4 Å². The number of carbonyl (C=O) groups is 2. The number of hydrogen-bond acceptors (Lipinski definition) is 6. The maximum absolute atomic E-state index is 14.0. The summed E-state index contributed by atoms with van der Waals surface area (Å²) in [5.41, 5.74) is 1.49. The molecule has 0 aromatic heterocycles. The van der Waals surface area contributed by atoms with Crippen molar-refractivity contribution in [3.05, 3.63) is 59.2 Å². The number of halogens is 9. The van der Waals surface area contributed by atoms with Gasteiger partial charge < -0.3 is 24.2 Å². The van der Waals surface area contributed by atoms with Crippen molar-refractivity contribution < 1.29 is 71.5 Å². The first kappa shape index (κ1) is 33.0. The van der Waals surface area contributed by atoms with Crippen LogP contribution in [0.5, 0.6) is 11.5 Å². The molecule has 2 aliphatic heterocycles. The molecule has 19 heteroatoms. The van der Waals surface area contributed by atoms with Gasteiger partial charge in [-0.3, -0.25) is 4.79 Å². The highest BCUT2D eigenvalue weighted by molar-refractivity contribution is 7.88. The Labute approximate surface area is 242 Å². The standard InChI is InChI=1S/C25H21F9N2O7S/c26-22(27,24(30,31)32)23(28,29)25(33,34)44(40,41)43-16-4-1-13(2-5-16)18-7-8-36(21(38)39)11-15(18)12-42-17-6-3-14-10-35-20(37)19(14)9-17/h1-6,9,15,18H,7-8,10-12H2,(H,35,37)(H,38,39). The second-order valence-corrected chi connectivity index (χ2v) is 11.6. The highest BCUT2D eigenvalue weighted by atomic mass is 32.2. The van der Waals surface area contributed by atoms with Gasteiger partial charge in [-0.25, -0.2) is 4.79 Å². The Balaban J connectivity index is 1.52. The third kappa shape index (κ3) is 5.80. The smallest absolute Gasteiger partial charge is 0.460 e. The molecule has 4 rings (SSSR count). The lowest BCUT2D eigenvalue weighted by Gasteiger charge is -2.37. The van der Waals surface area contributed by atoms with Gasteiger partial charge in [-0.1, -0.05) is 18.2 Å². The van der Waals surface area contributed by atoms with Crippen LogP contribution in [0.2, 0.25) is 0 Å². The molecule has 9 nitrogen and oxygen atoms in total. The number of nitrogens with one attached hydrogen (secondary N) is 1. The van der Waals surface area contributed by atoms with Gasteiger partial charge in [0.2, 0.25) is 0 Å². The number of nitrogens with zero attached hydrogens (tertiary/aromatic N) is 1. The van der Waals surface area contributed by atoms with Gasteiger partial charge >= 0.3 is 39.5 Å². The van der Waals surface area contributed by atoms with Gasteiger partial charge in [0.15, 0.2) is 0 Å². The van der Waals surface area contributed by atoms with E-state index in [9.17, 15) is 62.6 Å². The van der Waals surface area contributed by atoms with E-state index >= 15 is 0 Å². The normalized spacial score (nSPS) is 19.8. The quantitative estimate of drug-likeness (QED) is 0.278. The van der Waals surface area contributed by atoms with E-state index in [1.165, 1.54) is 6.07 Å². The molecule has 2 heterocycles. The Morgan fingerprint density at radius 3 is 2.16 bits per heavy atom. The van der Waals surface area contributed by atoms with Crippen LogP contribution in [0, 0.1) is 5.92 Å². The molecule has 242 valence electrons. The molecule has 0 spiro atoms. The average Bonchev–Trinajstić information content (AvgIpc) is 3.30. The van der Waals surface area contributed by atoms with Gasteiger partial charge in [0.05, 0.1) is 6.61 Å². The molecular weight excluding hydrogens is 643 g/mol. The molecule has 2 aromatic rings. The highest BCUT2D eigenvalue weighted by Crippen LogP contribution is 2.55. The summed E-state index contributed by atoms with van der Waals surface area (Å²) in [6.07, 6.45) is -8.27. The number of ether oxygens (including phenoxy) is 1. The summed E-state index contributed by atoms with van der Waals surface area (Å²) in [6.45, 7) is 0.244. The molecule has 2 atom stereocenters. The number of carbonyl (C=O) groups excluding carboxylic acids is 1. The van der Waals surface area contributed by atoms with Crippen molar-refractivity contribution in [2.75, 3.05) is 19.7 Å². The first-order chi connectivity index (χ1) is 20.2. The van der Waals surface area contributed by atoms with Gasteiger partial charge in [0.1, 0.15) is 11.5 Å². The summed E-state index contributed by atoms with van der Waals surface area (Å²) < 4.78 is 152. The van der Waals surface area contributed by atoms with Crippen molar-refractivity contribution in [1.29, 1.82) is 0 Å². The largest absolute Gasteiger partial charge is 0.493 e. The van der Waals surface area contributed by atoms with Gasteiger partial charge in [-0.2, -0.15) is 47.9 Å². The average molecular weight is 664 g/mol. The van der Waals surface area contributed by atoms with Crippen LogP contribution in [0.3, 0.4) is 0 Å². The fourth-order valence-corrected chi connectivity index (χ4v) is 5.68. The van der Waals surface area contributed by atoms with Crippen molar-refractivity contribution in [3.63, 3.8) is 0 Å². The van der Waals surface area contributed by atoms with E-state index < -0.39 is 57.1 Å². The molecule has 0 bridgehead atoms. The fourth-order valence-electron chi connectivity index (χ4n) is 4.77. The zero-order valence-corrected chi connectivity index (χ0v) is 22.7. The molecule has 0 saturated carbocycles. The molecule has 2 amide bonds. The number of carboxylic acid groups (broad SMARTS) is 1. The molecule has 2 unspecified atom stereocenters. The second-order valence-electron chi connectivity index (χ2n) is 9.97. The van der Waals surface area contributed by atoms with E-state index in [1.807, 2.05) is 0 Å². The number of rotatable bonds is 9. The Bertz CT molecular complexity index is 1530. The van der Waals surface area contributed by atoms with Crippen molar-refractivity contribution in [2.24, 2.45) is 5.92 Å². The molecule has 0 radical (unpaired) electrons. The van der Waals surface area contributed by atoms with Crippen molar-refractivity contribution in [1.82, 2.24) is 10.2 Å². The SMILES string of the molecule is O=C1NCc2ccc(OCC3CN(C(=O)O)CCC3c3ccc(OS(=O)(=O)C(F)(F)C(F)(F)C(F)(F)C(F)(F)F)cc3)cc21. The van der Waals surface area contributed by atoms with E-state index in [4.69, 9.17) is 4.74 Å². The molecule has 1 fully saturated rings. The number of benzene rings is 2. The van der Waals surface area contributed by atoms with Crippen LogP contribution in [0.4, 0.5) is 44.3 Å². The summed E-state index contributed by atoms with van der Waals surface area (Å²) >= 11 is 0. The van der Waals surface area contributed by atoms with Crippen LogP contribution >= 0.6 is 0 Å². The molecule has 2 aliphatic rings. The predicted octanol–water partition coefficient (Wildman–Crippen LogP) is 5.23. The monoisotopic (exact) mass is 664 g/mol. The third-order valence-corrected chi connectivity index (χ3v) is 8.47. The van der Waals surface area contributed by atoms with Gasteiger partial charge in [-0.05, 0) is 47.7 Å². The zero-order valence-electron chi connectivity index (χ0n) is 21.9. The van der Waals surface area contributed by atoms with E-state index in [1.54, 1.807) is 12.1 Å². The van der Waals surface area contributed by atoms with Crippen LogP contribution in [0.1, 0.15) is 33.8 Å². The number of alkyl halides is 9. The first-order valence-electron chi connectivity index (χ1n) is 12.5. The maximum Gasteiger partial charge on any atom is 0.460 e. The summed E-state index contributed by atoms with van der Waals surface area (Å²) in [4.78, 5) is 24.6. The summed E-state index contributed by atoms with van der Waals surface area (Å²) in [5.74, 6) is -17.1. The van der Waals surface area contributed by atoms with Crippen LogP contribution in [0.15, 0.2) is 42.5 Å². The first-order valence-corrected chi connectivity index (χ1v) is 13.9. The Hall–Kier alpha value is -3.90. The molecule has 2 N–H and O–H groups in total. The minimum atomic E-state index is -7.44. The zero-order chi connectivity index (χ0) is 32.9. The van der Waals surface area contributed by atoms with E-state index in [-0.39, 0.29) is 32.0 Å². The lowest BCUT2D eigenvalue weighted by molar-refractivity contribution is -0.382. The van der Waals surface area contributed by atoms with Crippen LogP contribution in [-0.2, 0) is 16.7 Å². The number of amides is 2. The molecule has 1 saturated heterocycles. The number of hydrogen-bond donors (Lipinski definition) is 2. The van der Waals surface area contributed by atoms with E-state index in [0.29, 0.717) is 35.6 Å². The van der Waals surface area contributed by atoms with Gasteiger partial charge in [0.25, 0.3) is 5.91 Å². The van der Waals surface area contributed by atoms with Crippen LogP contribution in [0.25, 0.3) is 0 Å². The third-order valence-electron chi connectivity index (χ3n) is 7.18. The van der Waals surface area contributed by atoms with Crippen LogP contribution < -0.4 is 14.2 Å². The Morgan fingerprint density at radius 2 is 1.57 bits per heavy atom. The minimum absolute atomic E-state index is 0.0386. The molecule has 44 heavy (non-hydrogen) atoms. The van der Waals surface area contributed by atoms with Crippen molar-refractivity contribution in [3.8, 4) is 11.5 Å². The predicted molar refractivity (Wildman–Crippen MR) is 130 cm³/mol. The topological polar surface area (TPSA) is 122 Å². The fraction of sp³-hybridized carbons (Fsp3) is 0.440. The highest BCUT2D eigenvalue weighted by Gasteiger charge is 2.86. The summed E-state index contributed by atoms with van der Waals surface area (Å²) in [7, 11) is -7.11. The molecule has 2 aromatic carbocycles. The Kier molecular flexibility index (Phi) is 8.42. The summed E-state index contributed by atoms with van der Waals surface area (Å²) in [5, 5.41) is 5.07. The molecule has 0 aliphatic carbocycles. The number of likely N-dealkylation sites (tertiary alicyclic amines) is 1. The molecular formula is C25H21F9N2O7S. The summed E-state index contributed by atoms with van der Waals surface area (Å²) in [6, 6.07) is 8.33. The van der Waals surface area contributed by atoms with Gasteiger partial charge in [0, 0.05) is 31.1 Å². The maximum atomic E-state index is 14.0.